The van der Waals surface area contributed by atoms with Crippen molar-refractivity contribution in [1.29, 1.82) is 0 Å². The molecule has 1 rings (SSSR count). The number of allylic oxidation sites excluding steroid dienone is 1. The van der Waals surface area contributed by atoms with Crippen molar-refractivity contribution in [2.75, 3.05) is 33.1 Å². The first-order valence-electron chi connectivity index (χ1n) is 6.56. The fraction of sp³-hybridized carbons (Fsp3) is 0.400. The van der Waals surface area contributed by atoms with Crippen molar-refractivity contribution < 1.29 is 9.47 Å². The molecule has 2 N–H and O–H groups in total. The number of halogens is 1. The Morgan fingerprint density at radius 2 is 1.95 bits per heavy atom. The summed E-state index contributed by atoms with van der Waals surface area (Å²) < 4.78 is 10.5. The molecule has 118 valence electrons. The van der Waals surface area contributed by atoms with Gasteiger partial charge in [0.15, 0.2) is 17.5 Å². The van der Waals surface area contributed by atoms with Gasteiger partial charge in [0.2, 0.25) is 0 Å². The normalized spacial score (nSPS) is 11.0. The van der Waals surface area contributed by atoms with Gasteiger partial charge in [0, 0.05) is 25.3 Å². The summed E-state index contributed by atoms with van der Waals surface area (Å²) in [6, 6.07) is 5.64. The number of nitrogens with one attached hydrogen (secondary N) is 2. The molecule has 1 aromatic carbocycles. The number of anilines is 1. The van der Waals surface area contributed by atoms with E-state index in [2.05, 4.69) is 21.7 Å². The summed E-state index contributed by atoms with van der Waals surface area (Å²) >= 11 is 0. The van der Waals surface area contributed by atoms with Gasteiger partial charge in [0.1, 0.15) is 0 Å². The number of benzene rings is 1. The minimum Gasteiger partial charge on any atom is -0.493 e. The van der Waals surface area contributed by atoms with Gasteiger partial charge in [0.05, 0.1) is 14.2 Å². The Morgan fingerprint density at radius 3 is 2.52 bits per heavy atom. The molecule has 0 spiro atoms. The van der Waals surface area contributed by atoms with E-state index in [0.717, 1.165) is 24.6 Å². The van der Waals surface area contributed by atoms with Crippen molar-refractivity contribution in [2.45, 2.75) is 13.3 Å². The Morgan fingerprint density at radius 1 is 1.24 bits per heavy atom. The third-order valence-corrected chi connectivity index (χ3v) is 2.71. The molecule has 21 heavy (non-hydrogen) atoms. The lowest BCUT2D eigenvalue weighted by Crippen LogP contribution is -2.31. The van der Waals surface area contributed by atoms with Gasteiger partial charge in [-0.05, 0) is 25.5 Å². The topological polar surface area (TPSA) is 54.9 Å². The van der Waals surface area contributed by atoms with Crippen LogP contribution < -0.4 is 20.1 Å². The molecule has 5 nitrogen and oxygen atoms in total. The minimum absolute atomic E-state index is 0. The van der Waals surface area contributed by atoms with Crippen molar-refractivity contribution in [1.82, 2.24) is 5.32 Å². The van der Waals surface area contributed by atoms with Crippen LogP contribution in [0.15, 0.2) is 35.3 Å². The number of aliphatic imine (C=N–C) groups is 1. The van der Waals surface area contributed by atoms with Crippen LogP contribution in [0.3, 0.4) is 0 Å². The fourth-order valence-corrected chi connectivity index (χ4v) is 1.67. The fourth-order valence-electron chi connectivity index (χ4n) is 1.67. The van der Waals surface area contributed by atoms with E-state index >= 15 is 0 Å². The Hall–Kier alpha value is -1.44. The Labute approximate surface area is 143 Å². The molecule has 1 aromatic rings. The third-order valence-electron chi connectivity index (χ3n) is 2.71. The van der Waals surface area contributed by atoms with Crippen LogP contribution in [0.2, 0.25) is 0 Å². The number of hydrogen-bond donors (Lipinski definition) is 2. The molecule has 0 bridgehead atoms. The second kappa shape index (κ2) is 11.2. The van der Waals surface area contributed by atoms with E-state index < -0.39 is 0 Å². The highest BCUT2D eigenvalue weighted by atomic mass is 127. The van der Waals surface area contributed by atoms with E-state index in [-0.39, 0.29) is 24.0 Å². The summed E-state index contributed by atoms with van der Waals surface area (Å²) in [5.41, 5.74) is 0.891. The van der Waals surface area contributed by atoms with E-state index in [1.807, 2.05) is 31.2 Å². The maximum absolute atomic E-state index is 5.27. The van der Waals surface area contributed by atoms with E-state index in [4.69, 9.17) is 9.47 Å². The highest BCUT2D eigenvalue weighted by Crippen LogP contribution is 2.29. The summed E-state index contributed by atoms with van der Waals surface area (Å²) in [6.45, 7) is 2.84. The molecule has 0 amide bonds. The molecule has 0 aromatic heterocycles. The van der Waals surface area contributed by atoms with Crippen molar-refractivity contribution >= 4 is 35.6 Å². The van der Waals surface area contributed by atoms with Crippen LogP contribution >= 0.6 is 24.0 Å². The van der Waals surface area contributed by atoms with Crippen molar-refractivity contribution in [2.24, 2.45) is 4.99 Å². The summed E-state index contributed by atoms with van der Waals surface area (Å²) in [5, 5.41) is 6.45. The predicted molar refractivity (Wildman–Crippen MR) is 99.4 cm³/mol. The number of ether oxygens (including phenoxy) is 2. The lowest BCUT2D eigenvalue weighted by Gasteiger charge is -2.13. The van der Waals surface area contributed by atoms with E-state index in [0.29, 0.717) is 11.5 Å². The molecule has 0 aliphatic rings. The predicted octanol–water partition coefficient (Wildman–Crippen LogP) is 3.28. The van der Waals surface area contributed by atoms with Crippen molar-refractivity contribution in [3.05, 3.63) is 30.4 Å². The molecule has 0 atom stereocenters. The first-order valence-corrected chi connectivity index (χ1v) is 6.56. The Kier molecular flexibility index (Phi) is 10.5. The Balaban J connectivity index is 0.00000400. The Bertz CT molecular complexity index is 476. The van der Waals surface area contributed by atoms with Gasteiger partial charge in [-0.2, -0.15) is 0 Å². The molecule has 0 aliphatic carbocycles. The molecular formula is C15H24IN3O2. The zero-order chi connectivity index (χ0) is 14.8. The van der Waals surface area contributed by atoms with Gasteiger partial charge >= 0.3 is 0 Å². The quantitative estimate of drug-likeness (QED) is 0.251. The maximum atomic E-state index is 5.27. The molecule has 6 heteroatoms. The van der Waals surface area contributed by atoms with Crippen LogP contribution in [0.5, 0.6) is 11.5 Å². The maximum Gasteiger partial charge on any atom is 0.195 e. The van der Waals surface area contributed by atoms with Gasteiger partial charge in [-0.3, -0.25) is 4.99 Å². The van der Waals surface area contributed by atoms with Gasteiger partial charge in [-0.25, -0.2) is 0 Å². The van der Waals surface area contributed by atoms with Crippen LogP contribution in [-0.2, 0) is 0 Å². The summed E-state index contributed by atoms with van der Waals surface area (Å²) in [6.07, 6.45) is 5.10. The molecule has 0 aliphatic heterocycles. The zero-order valence-corrected chi connectivity index (χ0v) is 15.3. The van der Waals surface area contributed by atoms with E-state index in [1.165, 1.54) is 0 Å². The van der Waals surface area contributed by atoms with Crippen molar-refractivity contribution in [3.8, 4) is 11.5 Å². The molecular weight excluding hydrogens is 381 g/mol. The third kappa shape index (κ3) is 6.70. The summed E-state index contributed by atoms with van der Waals surface area (Å²) in [7, 11) is 4.98. The smallest absolute Gasteiger partial charge is 0.195 e. The second-order valence-electron chi connectivity index (χ2n) is 4.05. The molecule has 0 heterocycles. The van der Waals surface area contributed by atoms with Crippen LogP contribution in [0.1, 0.15) is 13.3 Å². The second-order valence-corrected chi connectivity index (χ2v) is 4.05. The molecule has 0 radical (unpaired) electrons. The molecule has 0 saturated carbocycles. The van der Waals surface area contributed by atoms with Gasteiger partial charge in [-0.15, -0.1) is 24.0 Å². The first-order chi connectivity index (χ1) is 9.74. The monoisotopic (exact) mass is 405 g/mol. The highest BCUT2D eigenvalue weighted by molar-refractivity contribution is 14.0. The number of nitrogens with zero attached hydrogens (tertiary/aromatic N) is 1. The number of guanidine groups is 1. The SMILES string of the molecule is C/C=C/CCNC(=NC)Nc1ccc(OC)c(OC)c1.I. The van der Waals surface area contributed by atoms with Gasteiger partial charge in [0.25, 0.3) is 0 Å². The van der Waals surface area contributed by atoms with Crippen LogP contribution in [0.25, 0.3) is 0 Å². The molecule has 0 unspecified atom stereocenters. The van der Waals surface area contributed by atoms with Crippen LogP contribution in [0, 0.1) is 0 Å². The van der Waals surface area contributed by atoms with Gasteiger partial charge in [-0.1, -0.05) is 12.2 Å². The first kappa shape index (κ1) is 19.6. The molecule has 0 saturated heterocycles. The van der Waals surface area contributed by atoms with E-state index in [9.17, 15) is 0 Å². The molecule has 0 fully saturated rings. The number of hydrogen-bond acceptors (Lipinski definition) is 3. The lowest BCUT2D eigenvalue weighted by molar-refractivity contribution is 0.355. The van der Waals surface area contributed by atoms with Crippen LogP contribution in [-0.4, -0.2) is 33.8 Å². The van der Waals surface area contributed by atoms with Crippen molar-refractivity contribution in [3.63, 3.8) is 0 Å². The van der Waals surface area contributed by atoms with Gasteiger partial charge < -0.3 is 20.1 Å². The summed E-state index contributed by atoms with van der Waals surface area (Å²) in [5.74, 6) is 2.11. The highest BCUT2D eigenvalue weighted by Gasteiger charge is 2.05. The largest absolute Gasteiger partial charge is 0.493 e. The standard InChI is InChI=1S/C15H23N3O2.HI/c1-5-6-7-10-17-15(16-2)18-12-8-9-13(19-3)14(11-12)20-4;/h5-6,8-9,11H,7,10H2,1-4H3,(H2,16,17,18);1H/b6-5+;. The average molecular weight is 405 g/mol. The summed E-state index contributed by atoms with van der Waals surface area (Å²) in [4.78, 5) is 4.18. The minimum atomic E-state index is 0. The average Bonchev–Trinajstić information content (AvgIpc) is 2.50. The zero-order valence-electron chi connectivity index (χ0n) is 13.0. The lowest BCUT2D eigenvalue weighted by atomic mass is 10.2. The van der Waals surface area contributed by atoms with Crippen LogP contribution in [0.4, 0.5) is 5.69 Å². The number of rotatable bonds is 6. The number of methoxy groups -OCH3 is 2. The van der Waals surface area contributed by atoms with E-state index in [1.54, 1.807) is 21.3 Å².